The quantitative estimate of drug-likeness (QED) is 0.617. The Kier molecular flexibility index (Phi) is 6.92. The van der Waals surface area contributed by atoms with Gasteiger partial charge in [0.2, 0.25) is 0 Å². The Morgan fingerprint density at radius 2 is 1.65 bits per heavy atom. The number of morpholine rings is 1. The van der Waals surface area contributed by atoms with Crippen LogP contribution < -0.4 is 15.0 Å². The highest BCUT2D eigenvalue weighted by molar-refractivity contribution is 5.97. The third-order valence-electron chi connectivity index (χ3n) is 5.47. The summed E-state index contributed by atoms with van der Waals surface area (Å²) in [5.41, 5.74) is 1.47. The number of quaternary nitrogens is 1. The van der Waals surface area contributed by atoms with Crippen molar-refractivity contribution < 1.29 is 23.6 Å². The maximum absolute atomic E-state index is 13.4. The molecule has 0 saturated carbocycles. The van der Waals surface area contributed by atoms with Gasteiger partial charge in [0, 0.05) is 5.56 Å². The van der Waals surface area contributed by atoms with Gasteiger partial charge in [-0.15, -0.1) is 0 Å². The van der Waals surface area contributed by atoms with Crippen LogP contribution in [0.1, 0.15) is 22.0 Å². The van der Waals surface area contributed by atoms with Crippen molar-refractivity contribution >= 4 is 5.91 Å². The summed E-state index contributed by atoms with van der Waals surface area (Å²) < 4.78 is 24.9. The van der Waals surface area contributed by atoms with Gasteiger partial charge in [-0.1, -0.05) is 42.5 Å². The van der Waals surface area contributed by atoms with E-state index in [0.717, 1.165) is 18.7 Å². The highest BCUT2D eigenvalue weighted by Crippen LogP contribution is 2.25. The minimum absolute atomic E-state index is 0.00986. The van der Waals surface area contributed by atoms with E-state index in [1.807, 2.05) is 42.5 Å². The van der Waals surface area contributed by atoms with Crippen molar-refractivity contribution in [1.82, 2.24) is 5.32 Å². The number of nitrogens with one attached hydrogen (secondary N) is 2. The fourth-order valence-electron chi connectivity index (χ4n) is 3.82. The van der Waals surface area contributed by atoms with Crippen LogP contribution in [0.25, 0.3) is 0 Å². The smallest absolute Gasteiger partial charge is 0.255 e. The van der Waals surface area contributed by atoms with E-state index in [9.17, 15) is 9.18 Å². The monoisotopic (exact) mass is 421 g/mol. The van der Waals surface area contributed by atoms with Crippen molar-refractivity contribution in [3.05, 3.63) is 95.8 Å². The van der Waals surface area contributed by atoms with E-state index >= 15 is 0 Å². The van der Waals surface area contributed by atoms with Crippen LogP contribution in [-0.2, 0) is 4.74 Å². The molecule has 1 heterocycles. The largest absolute Gasteiger partial charge is 0.457 e. The molecular formula is C25H26FN2O3+. The first-order valence-electron chi connectivity index (χ1n) is 10.5. The fraction of sp³-hybridized carbons (Fsp3) is 0.240. The lowest BCUT2D eigenvalue weighted by Crippen LogP contribution is -3.15. The number of hydrogen-bond acceptors (Lipinski definition) is 3. The second-order valence-corrected chi connectivity index (χ2v) is 7.50. The molecule has 4 rings (SSSR count). The van der Waals surface area contributed by atoms with Crippen LogP contribution in [0.3, 0.4) is 0 Å². The summed E-state index contributed by atoms with van der Waals surface area (Å²) in [6, 6.07) is 23.1. The zero-order valence-electron chi connectivity index (χ0n) is 17.2. The molecule has 1 fully saturated rings. The van der Waals surface area contributed by atoms with Crippen LogP contribution in [0.2, 0.25) is 0 Å². The lowest BCUT2D eigenvalue weighted by molar-refractivity contribution is -0.937. The third kappa shape index (κ3) is 5.48. The first kappa shape index (κ1) is 21.0. The standard InChI is InChI=1S/C25H25FN2O3/c26-20-12-10-19(11-13-20)23(28-14-16-30-17-15-28)18-27-25(29)22-8-4-5-9-24(22)31-21-6-2-1-3-7-21/h1-13,23H,14-18H2,(H,27,29)/p+1/t23-/m1/s1. The Morgan fingerprint density at radius 3 is 2.39 bits per heavy atom. The second kappa shape index (κ2) is 10.2. The highest BCUT2D eigenvalue weighted by atomic mass is 19.1. The van der Waals surface area contributed by atoms with Gasteiger partial charge in [-0.3, -0.25) is 4.79 Å². The maximum atomic E-state index is 13.4. The number of carbonyl (C=O) groups excluding carboxylic acids is 1. The van der Waals surface area contributed by atoms with Gasteiger partial charge in [-0.2, -0.15) is 0 Å². The van der Waals surface area contributed by atoms with Gasteiger partial charge in [-0.25, -0.2) is 4.39 Å². The van der Waals surface area contributed by atoms with Crippen LogP contribution >= 0.6 is 0 Å². The van der Waals surface area contributed by atoms with E-state index in [0.29, 0.717) is 36.8 Å². The number of halogens is 1. The summed E-state index contributed by atoms with van der Waals surface area (Å²) in [4.78, 5) is 14.4. The molecule has 1 aliphatic rings. The summed E-state index contributed by atoms with van der Waals surface area (Å²) in [6.45, 7) is 3.46. The summed E-state index contributed by atoms with van der Waals surface area (Å²) in [7, 11) is 0. The molecular weight excluding hydrogens is 395 g/mol. The first-order chi connectivity index (χ1) is 15.2. The van der Waals surface area contributed by atoms with Gasteiger partial charge >= 0.3 is 0 Å². The van der Waals surface area contributed by atoms with Gasteiger partial charge in [-0.05, 0) is 36.4 Å². The molecule has 0 aromatic heterocycles. The topological polar surface area (TPSA) is 52.0 Å². The molecule has 3 aromatic carbocycles. The lowest BCUT2D eigenvalue weighted by atomic mass is 10.0. The predicted molar refractivity (Wildman–Crippen MR) is 116 cm³/mol. The van der Waals surface area contributed by atoms with Crippen LogP contribution in [0.4, 0.5) is 4.39 Å². The third-order valence-corrected chi connectivity index (χ3v) is 5.47. The van der Waals surface area contributed by atoms with Crippen LogP contribution in [0, 0.1) is 5.82 Å². The van der Waals surface area contributed by atoms with E-state index in [-0.39, 0.29) is 17.8 Å². The highest BCUT2D eigenvalue weighted by Gasteiger charge is 2.27. The predicted octanol–water partition coefficient (Wildman–Crippen LogP) is 3.00. The van der Waals surface area contributed by atoms with E-state index in [1.54, 1.807) is 24.3 Å². The van der Waals surface area contributed by atoms with Crippen molar-refractivity contribution in [3.63, 3.8) is 0 Å². The van der Waals surface area contributed by atoms with Crippen molar-refractivity contribution in [2.24, 2.45) is 0 Å². The molecule has 5 nitrogen and oxygen atoms in total. The molecule has 1 saturated heterocycles. The average molecular weight is 421 g/mol. The second-order valence-electron chi connectivity index (χ2n) is 7.50. The number of ether oxygens (including phenoxy) is 2. The number of para-hydroxylation sites is 2. The number of carbonyl (C=O) groups is 1. The van der Waals surface area contributed by atoms with Gasteiger partial charge in [0.1, 0.15) is 36.4 Å². The molecule has 31 heavy (non-hydrogen) atoms. The van der Waals surface area contributed by atoms with Crippen LogP contribution in [0.5, 0.6) is 11.5 Å². The number of benzene rings is 3. The van der Waals surface area contributed by atoms with Crippen molar-refractivity contribution in [2.75, 3.05) is 32.8 Å². The molecule has 0 spiro atoms. The van der Waals surface area contributed by atoms with Crippen molar-refractivity contribution in [1.29, 1.82) is 0 Å². The van der Waals surface area contributed by atoms with Gasteiger partial charge in [0.05, 0.1) is 25.3 Å². The fourth-order valence-corrected chi connectivity index (χ4v) is 3.82. The van der Waals surface area contributed by atoms with Gasteiger partial charge in [0.25, 0.3) is 5.91 Å². The molecule has 2 N–H and O–H groups in total. The molecule has 0 bridgehead atoms. The summed E-state index contributed by atoms with van der Waals surface area (Å²) in [5, 5.41) is 3.06. The molecule has 1 aliphatic heterocycles. The maximum Gasteiger partial charge on any atom is 0.255 e. The summed E-state index contributed by atoms with van der Waals surface area (Å²) in [5.74, 6) is 0.703. The molecule has 160 valence electrons. The Labute approximate surface area is 181 Å². The minimum atomic E-state index is -0.268. The van der Waals surface area contributed by atoms with E-state index in [1.165, 1.54) is 17.0 Å². The van der Waals surface area contributed by atoms with Crippen molar-refractivity contribution in [3.8, 4) is 11.5 Å². The Balaban J connectivity index is 1.49. The van der Waals surface area contributed by atoms with Crippen LogP contribution in [0.15, 0.2) is 78.9 Å². The summed E-state index contributed by atoms with van der Waals surface area (Å²) >= 11 is 0. The molecule has 6 heteroatoms. The van der Waals surface area contributed by atoms with Gasteiger partial charge < -0.3 is 19.7 Å². The zero-order valence-corrected chi connectivity index (χ0v) is 17.2. The molecule has 0 radical (unpaired) electrons. The number of amides is 1. The summed E-state index contributed by atoms with van der Waals surface area (Å²) in [6.07, 6.45) is 0. The Bertz CT molecular complexity index is 989. The van der Waals surface area contributed by atoms with E-state index in [2.05, 4.69) is 5.32 Å². The molecule has 3 aromatic rings. The van der Waals surface area contributed by atoms with E-state index in [4.69, 9.17) is 9.47 Å². The van der Waals surface area contributed by atoms with Crippen LogP contribution in [-0.4, -0.2) is 38.8 Å². The molecule has 1 amide bonds. The Hall–Kier alpha value is -3.22. The van der Waals surface area contributed by atoms with Gasteiger partial charge in [0.15, 0.2) is 0 Å². The van der Waals surface area contributed by atoms with E-state index < -0.39 is 0 Å². The normalized spacial score (nSPS) is 15.3. The van der Waals surface area contributed by atoms with Crippen molar-refractivity contribution in [2.45, 2.75) is 6.04 Å². The molecule has 0 unspecified atom stereocenters. The minimum Gasteiger partial charge on any atom is -0.457 e. The number of rotatable bonds is 7. The molecule has 1 atom stereocenters. The number of hydrogen-bond donors (Lipinski definition) is 2. The first-order valence-corrected chi connectivity index (χ1v) is 10.5. The average Bonchev–Trinajstić information content (AvgIpc) is 2.82. The SMILES string of the molecule is O=C(NC[C@H](c1ccc(F)cc1)[NH+]1CCOCC1)c1ccccc1Oc1ccccc1. The Morgan fingerprint density at radius 1 is 0.968 bits per heavy atom. The zero-order chi connectivity index (χ0) is 21.5. The lowest BCUT2D eigenvalue weighted by Gasteiger charge is -2.32. The molecule has 0 aliphatic carbocycles.